The first kappa shape index (κ1) is 12.2. The molecule has 1 aromatic carbocycles. The minimum Gasteiger partial charge on any atom is -0.312 e. The van der Waals surface area contributed by atoms with Crippen LogP contribution in [-0.2, 0) is 19.5 Å². The van der Waals surface area contributed by atoms with Crippen molar-refractivity contribution in [1.82, 2.24) is 10.6 Å². The maximum atomic E-state index is 3.74. The van der Waals surface area contributed by atoms with Gasteiger partial charge >= 0.3 is 0 Å². The Morgan fingerprint density at radius 1 is 1.39 bits per heavy atom. The molecule has 0 amide bonds. The highest BCUT2D eigenvalue weighted by molar-refractivity contribution is 5.37. The molecular weight excluding hydrogens is 220 g/mol. The van der Waals surface area contributed by atoms with Gasteiger partial charge in [-0.25, -0.2) is 0 Å². The van der Waals surface area contributed by atoms with E-state index in [2.05, 4.69) is 35.8 Å². The van der Waals surface area contributed by atoms with Crippen LogP contribution in [0.25, 0.3) is 0 Å². The molecule has 0 spiro atoms. The van der Waals surface area contributed by atoms with Crippen molar-refractivity contribution >= 4 is 0 Å². The molecule has 1 aromatic rings. The van der Waals surface area contributed by atoms with Crippen molar-refractivity contribution in [2.45, 2.75) is 51.7 Å². The van der Waals surface area contributed by atoms with E-state index in [0.717, 1.165) is 31.6 Å². The number of benzene rings is 1. The largest absolute Gasteiger partial charge is 0.312 e. The Labute approximate surface area is 110 Å². The van der Waals surface area contributed by atoms with Gasteiger partial charge in [-0.15, -0.1) is 0 Å². The van der Waals surface area contributed by atoms with Gasteiger partial charge in [0.05, 0.1) is 0 Å². The lowest BCUT2D eigenvalue weighted by molar-refractivity contribution is 0.589. The van der Waals surface area contributed by atoms with Crippen molar-refractivity contribution in [3.8, 4) is 0 Å². The van der Waals surface area contributed by atoms with E-state index < -0.39 is 0 Å². The van der Waals surface area contributed by atoms with Gasteiger partial charge < -0.3 is 10.6 Å². The monoisotopic (exact) mass is 244 g/mol. The number of hydrogen-bond donors (Lipinski definition) is 2. The topological polar surface area (TPSA) is 24.1 Å². The first-order chi connectivity index (χ1) is 8.88. The zero-order valence-corrected chi connectivity index (χ0v) is 11.3. The Morgan fingerprint density at radius 2 is 2.33 bits per heavy atom. The normalized spacial score (nSPS) is 25.8. The zero-order chi connectivity index (χ0) is 12.4. The van der Waals surface area contributed by atoms with Crippen LogP contribution in [0.15, 0.2) is 18.2 Å². The summed E-state index contributed by atoms with van der Waals surface area (Å²) in [5.41, 5.74) is 4.62. The summed E-state index contributed by atoms with van der Waals surface area (Å²) in [6.45, 7) is 5.53. The summed E-state index contributed by atoms with van der Waals surface area (Å²) in [6, 6.07) is 7.57. The summed E-state index contributed by atoms with van der Waals surface area (Å²) in [5.74, 6) is 0.955. The van der Waals surface area contributed by atoms with Gasteiger partial charge in [-0.05, 0) is 48.4 Å². The molecular formula is C16H24N2. The second-order valence-corrected chi connectivity index (χ2v) is 5.75. The third-order valence-corrected chi connectivity index (χ3v) is 4.37. The molecule has 0 saturated heterocycles. The number of hydrogen-bond acceptors (Lipinski definition) is 2. The Morgan fingerprint density at radius 3 is 3.22 bits per heavy atom. The van der Waals surface area contributed by atoms with Crippen molar-refractivity contribution in [2.24, 2.45) is 5.92 Å². The minimum absolute atomic E-state index is 0.794. The molecule has 0 radical (unpaired) electrons. The second-order valence-electron chi connectivity index (χ2n) is 5.75. The van der Waals surface area contributed by atoms with Crippen LogP contribution in [0.2, 0.25) is 0 Å². The average molecular weight is 244 g/mol. The number of fused-ring (bicyclic) bond motifs is 1. The molecule has 1 aliphatic heterocycles. The summed E-state index contributed by atoms with van der Waals surface area (Å²) >= 11 is 0. The fraction of sp³-hybridized carbons (Fsp3) is 0.625. The maximum absolute atomic E-state index is 3.74. The standard InChI is InChI=1S/C16H24N2/c1-2-4-12-9-16(12)18-11-14-6-3-5-13-10-17-8-7-15(13)14/h3,5-6,12,16-18H,2,4,7-11H2,1H3. The van der Waals surface area contributed by atoms with Gasteiger partial charge in [0.15, 0.2) is 0 Å². The molecule has 1 fully saturated rings. The molecule has 2 N–H and O–H groups in total. The van der Waals surface area contributed by atoms with Gasteiger partial charge in [-0.2, -0.15) is 0 Å². The smallest absolute Gasteiger partial charge is 0.0211 e. The molecule has 1 heterocycles. The maximum Gasteiger partial charge on any atom is 0.0211 e. The predicted molar refractivity (Wildman–Crippen MR) is 75.5 cm³/mol. The molecule has 3 rings (SSSR count). The molecule has 98 valence electrons. The molecule has 0 bridgehead atoms. The number of nitrogens with one attached hydrogen (secondary N) is 2. The third kappa shape index (κ3) is 2.60. The third-order valence-electron chi connectivity index (χ3n) is 4.37. The number of rotatable bonds is 5. The summed E-state index contributed by atoms with van der Waals surface area (Å²) < 4.78 is 0. The van der Waals surface area contributed by atoms with Crippen molar-refractivity contribution < 1.29 is 0 Å². The fourth-order valence-electron chi connectivity index (χ4n) is 3.21. The van der Waals surface area contributed by atoms with Crippen LogP contribution in [0.5, 0.6) is 0 Å². The fourth-order valence-corrected chi connectivity index (χ4v) is 3.21. The van der Waals surface area contributed by atoms with E-state index in [4.69, 9.17) is 0 Å². The lowest BCUT2D eigenvalue weighted by Crippen LogP contribution is -2.26. The van der Waals surface area contributed by atoms with Crippen LogP contribution in [0, 0.1) is 5.92 Å². The van der Waals surface area contributed by atoms with Crippen LogP contribution >= 0.6 is 0 Å². The van der Waals surface area contributed by atoms with Crippen LogP contribution in [0.4, 0.5) is 0 Å². The highest BCUT2D eigenvalue weighted by Crippen LogP contribution is 2.34. The van der Waals surface area contributed by atoms with Crippen molar-refractivity contribution in [1.29, 1.82) is 0 Å². The van der Waals surface area contributed by atoms with Crippen LogP contribution in [0.3, 0.4) is 0 Å². The van der Waals surface area contributed by atoms with E-state index in [1.165, 1.54) is 36.8 Å². The van der Waals surface area contributed by atoms with Crippen LogP contribution < -0.4 is 10.6 Å². The molecule has 1 saturated carbocycles. The lowest BCUT2D eigenvalue weighted by Gasteiger charge is -2.20. The van der Waals surface area contributed by atoms with Gasteiger partial charge in [0.1, 0.15) is 0 Å². The van der Waals surface area contributed by atoms with Crippen LogP contribution in [-0.4, -0.2) is 12.6 Å². The van der Waals surface area contributed by atoms with E-state index in [1.54, 1.807) is 5.56 Å². The van der Waals surface area contributed by atoms with E-state index in [0.29, 0.717) is 0 Å². The molecule has 18 heavy (non-hydrogen) atoms. The Bertz CT molecular complexity index is 414. The van der Waals surface area contributed by atoms with Crippen molar-refractivity contribution in [2.75, 3.05) is 6.54 Å². The highest BCUT2D eigenvalue weighted by atomic mass is 15.0. The average Bonchev–Trinajstić information content (AvgIpc) is 3.15. The minimum atomic E-state index is 0.794. The Hall–Kier alpha value is -0.860. The SMILES string of the molecule is CCCC1CC1NCc1cccc2c1CCNC2. The second kappa shape index (κ2) is 5.41. The molecule has 1 aliphatic carbocycles. The van der Waals surface area contributed by atoms with Crippen molar-refractivity contribution in [3.63, 3.8) is 0 Å². The van der Waals surface area contributed by atoms with Crippen LogP contribution in [0.1, 0.15) is 42.9 Å². The van der Waals surface area contributed by atoms with E-state index in [9.17, 15) is 0 Å². The summed E-state index contributed by atoms with van der Waals surface area (Å²) in [5, 5.41) is 7.19. The molecule has 2 nitrogen and oxygen atoms in total. The van der Waals surface area contributed by atoms with Gasteiger partial charge in [0.2, 0.25) is 0 Å². The van der Waals surface area contributed by atoms with E-state index >= 15 is 0 Å². The predicted octanol–water partition coefficient (Wildman–Crippen LogP) is 2.61. The van der Waals surface area contributed by atoms with Gasteiger partial charge in [-0.3, -0.25) is 0 Å². The van der Waals surface area contributed by atoms with Gasteiger partial charge in [-0.1, -0.05) is 31.5 Å². The molecule has 2 atom stereocenters. The van der Waals surface area contributed by atoms with E-state index in [-0.39, 0.29) is 0 Å². The van der Waals surface area contributed by atoms with Crippen molar-refractivity contribution in [3.05, 3.63) is 34.9 Å². The van der Waals surface area contributed by atoms with Gasteiger partial charge in [0, 0.05) is 19.1 Å². The summed E-state index contributed by atoms with van der Waals surface area (Å²) in [6.07, 6.45) is 5.31. The van der Waals surface area contributed by atoms with Gasteiger partial charge in [0.25, 0.3) is 0 Å². The molecule has 2 unspecified atom stereocenters. The summed E-state index contributed by atoms with van der Waals surface area (Å²) in [7, 11) is 0. The molecule has 2 heteroatoms. The highest BCUT2D eigenvalue weighted by Gasteiger charge is 2.35. The molecule has 2 aliphatic rings. The summed E-state index contributed by atoms with van der Waals surface area (Å²) in [4.78, 5) is 0. The Kier molecular flexibility index (Phi) is 3.67. The lowest BCUT2D eigenvalue weighted by atomic mass is 9.95. The van der Waals surface area contributed by atoms with E-state index in [1.807, 2.05) is 0 Å². The first-order valence-corrected chi connectivity index (χ1v) is 7.42. The Balaban J connectivity index is 1.60. The first-order valence-electron chi connectivity index (χ1n) is 7.42. The zero-order valence-electron chi connectivity index (χ0n) is 11.3. The molecule has 0 aromatic heterocycles. The quantitative estimate of drug-likeness (QED) is 0.832.